The summed E-state index contributed by atoms with van der Waals surface area (Å²) in [5, 5.41) is 5.57. The number of amides is 2. The monoisotopic (exact) mass is 445 g/mol. The van der Waals surface area contributed by atoms with Gasteiger partial charge in [0.2, 0.25) is 5.91 Å². The molecular weight excluding hydrogens is 416 g/mol. The summed E-state index contributed by atoms with van der Waals surface area (Å²) in [5.74, 6) is -2.17. The second kappa shape index (κ2) is 11.2. The van der Waals surface area contributed by atoms with Crippen molar-refractivity contribution in [1.29, 1.82) is 0 Å². The predicted molar refractivity (Wildman–Crippen MR) is 117 cm³/mol. The van der Waals surface area contributed by atoms with Gasteiger partial charge in [-0.05, 0) is 35.7 Å². The Morgan fingerprint density at radius 3 is 2.31 bits per heavy atom. The Balaban J connectivity index is 1.70. The zero-order chi connectivity index (χ0) is 23.1. The van der Waals surface area contributed by atoms with Crippen molar-refractivity contribution >= 4 is 11.8 Å². The first-order valence-electron chi connectivity index (χ1n) is 10.8. The molecule has 6 nitrogen and oxygen atoms in total. The molecule has 8 heteroatoms. The van der Waals surface area contributed by atoms with Gasteiger partial charge in [-0.3, -0.25) is 14.5 Å². The fraction of sp³-hybridized carbons (Fsp3) is 0.417. The number of nitrogens with zero attached hydrogens (tertiary/aromatic N) is 1. The zero-order valence-corrected chi connectivity index (χ0v) is 18.3. The van der Waals surface area contributed by atoms with Gasteiger partial charge >= 0.3 is 0 Å². The molecule has 1 aliphatic rings. The molecular formula is C24H29F2N3O3. The van der Waals surface area contributed by atoms with Crippen LogP contribution in [0.15, 0.2) is 48.5 Å². The van der Waals surface area contributed by atoms with Gasteiger partial charge in [-0.2, -0.15) is 0 Å². The SMILES string of the molecule is CC(C)C(NC(=O)c1ccccc1F)C(=O)NCC(c1ccc(F)cc1)N1CCOCC1. The number of carbonyl (C=O) groups excluding carboxylic acids is 2. The van der Waals surface area contributed by atoms with Crippen molar-refractivity contribution < 1.29 is 23.1 Å². The fourth-order valence-electron chi connectivity index (χ4n) is 3.74. The van der Waals surface area contributed by atoms with Crippen LogP contribution in [0.3, 0.4) is 0 Å². The lowest BCUT2D eigenvalue weighted by Crippen LogP contribution is -2.52. The summed E-state index contributed by atoms with van der Waals surface area (Å²) in [4.78, 5) is 27.7. The molecule has 0 spiro atoms. The van der Waals surface area contributed by atoms with Gasteiger partial charge in [-0.15, -0.1) is 0 Å². The second-order valence-corrected chi connectivity index (χ2v) is 8.14. The molecule has 2 atom stereocenters. The minimum Gasteiger partial charge on any atom is -0.379 e. The number of hydrogen-bond acceptors (Lipinski definition) is 4. The molecule has 2 unspecified atom stereocenters. The number of ether oxygens (including phenoxy) is 1. The standard InChI is InChI=1S/C24H29F2N3O3/c1-16(2)22(28-23(30)19-5-3-4-6-20(19)26)24(31)27-15-21(29-11-13-32-14-12-29)17-7-9-18(25)10-8-17/h3-10,16,21-22H,11-15H2,1-2H3,(H,27,31)(H,28,30). The molecule has 2 amide bonds. The molecule has 32 heavy (non-hydrogen) atoms. The van der Waals surface area contributed by atoms with Crippen molar-refractivity contribution in [1.82, 2.24) is 15.5 Å². The minimum absolute atomic E-state index is 0.108. The van der Waals surface area contributed by atoms with E-state index < -0.39 is 17.8 Å². The Hall–Kier alpha value is -2.84. The average Bonchev–Trinajstić information content (AvgIpc) is 2.79. The number of nitrogens with one attached hydrogen (secondary N) is 2. The first-order valence-corrected chi connectivity index (χ1v) is 10.8. The van der Waals surface area contributed by atoms with Crippen LogP contribution in [0.25, 0.3) is 0 Å². The van der Waals surface area contributed by atoms with Gasteiger partial charge in [-0.1, -0.05) is 38.1 Å². The average molecular weight is 446 g/mol. The van der Waals surface area contributed by atoms with Gasteiger partial charge in [0.1, 0.15) is 17.7 Å². The van der Waals surface area contributed by atoms with E-state index in [2.05, 4.69) is 15.5 Å². The highest BCUT2D eigenvalue weighted by Gasteiger charge is 2.28. The Bertz CT molecular complexity index is 915. The lowest BCUT2D eigenvalue weighted by atomic mass is 10.0. The van der Waals surface area contributed by atoms with Crippen molar-refractivity contribution in [2.75, 3.05) is 32.8 Å². The molecule has 3 rings (SSSR count). The predicted octanol–water partition coefficient (Wildman–Crippen LogP) is 2.91. The highest BCUT2D eigenvalue weighted by molar-refractivity contribution is 5.97. The lowest BCUT2D eigenvalue weighted by Gasteiger charge is -2.35. The van der Waals surface area contributed by atoms with Gasteiger partial charge in [-0.25, -0.2) is 8.78 Å². The van der Waals surface area contributed by atoms with E-state index in [4.69, 9.17) is 4.74 Å². The van der Waals surface area contributed by atoms with Crippen LogP contribution in [-0.4, -0.2) is 55.6 Å². The van der Waals surface area contributed by atoms with Crippen LogP contribution in [0.2, 0.25) is 0 Å². The van der Waals surface area contributed by atoms with Crippen LogP contribution in [0, 0.1) is 17.6 Å². The number of benzene rings is 2. The Morgan fingerprint density at radius 1 is 1.03 bits per heavy atom. The van der Waals surface area contributed by atoms with E-state index in [1.54, 1.807) is 18.2 Å². The normalized spacial score (nSPS) is 16.4. The summed E-state index contributed by atoms with van der Waals surface area (Å²) in [6.07, 6.45) is 0. The number of rotatable bonds is 8. The third kappa shape index (κ3) is 6.11. The third-order valence-corrected chi connectivity index (χ3v) is 5.57. The highest BCUT2D eigenvalue weighted by atomic mass is 19.1. The molecule has 1 heterocycles. The van der Waals surface area contributed by atoms with Gasteiger partial charge in [0.25, 0.3) is 5.91 Å². The van der Waals surface area contributed by atoms with Gasteiger partial charge < -0.3 is 15.4 Å². The zero-order valence-electron chi connectivity index (χ0n) is 18.3. The van der Waals surface area contributed by atoms with Gasteiger partial charge in [0, 0.05) is 19.6 Å². The third-order valence-electron chi connectivity index (χ3n) is 5.57. The highest BCUT2D eigenvalue weighted by Crippen LogP contribution is 2.22. The van der Waals surface area contributed by atoms with Crippen molar-refractivity contribution in [3.05, 3.63) is 71.3 Å². The molecule has 0 aliphatic carbocycles. The number of hydrogen-bond donors (Lipinski definition) is 2. The number of carbonyl (C=O) groups is 2. The summed E-state index contributed by atoms with van der Waals surface area (Å²) in [6, 6.07) is 10.9. The van der Waals surface area contributed by atoms with Crippen molar-refractivity contribution in [2.24, 2.45) is 5.92 Å². The molecule has 2 aromatic rings. The maximum absolute atomic E-state index is 14.0. The topological polar surface area (TPSA) is 70.7 Å². The summed E-state index contributed by atoms with van der Waals surface area (Å²) < 4.78 is 32.8. The Labute approximate surface area is 186 Å². The van der Waals surface area contributed by atoms with Gasteiger partial charge in [0.15, 0.2) is 0 Å². The van der Waals surface area contributed by atoms with E-state index in [1.807, 2.05) is 13.8 Å². The van der Waals surface area contributed by atoms with Crippen LogP contribution in [-0.2, 0) is 9.53 Å². The van der Waals surface area contributed by atoms with Crippen LogP contribution in [0.4, 0.5) is 8.78 Å². The van der Waals surface area contributed by atoms with Crippen LogP contribution in [0.5, 0.6) is 0 Å². The van der Waals surface area contributed by atoms with Crippen molar-refractivity contribution in [2.45, 2.75) is 25.9 Å². The van der Waals surface area contributed by atoms with Crippen LogP contribution < -0.4 is 10.6 Å². The largest absolute Gasteiger partial charge is 0.379 e. The summed E-state index contributed by atoms with van der Waals surface area (Å²) in [7, 11) is 0. The minimum atomic E-state index is -0.833. The molecule has 1 aliphatic heterocycles. The maximum Gasteiger partial charge on any atom is 0.254 e. The van der Waals surface area contributed by atoms with Crippen molar-refractivity contribution in [3.8, 4) is 0 Å². The van der Waals surface area contributed by atoms with Crippen LogP contribution in [0.1, 0.15) is 35.8 Å². The Kier molecular flexibility index (Phi) is 8.30. The molecule has 1 fully saturated rings. The maximum atomic E-state index is 14.0. The van der Waals surface area contributed by atoms with Crippen molar-refractivity contribution in [3.63, 3.8) is 0 Å². The molecule has 0 radical (unpaired) electrons. The quantitative estimate of drug-likeness (QED) is 0.656. The second-order valence-electron chi connectivity index (χ2n) is 8.14. The van der Waals surface area contributed by atoms with E-state index in [1.165, 1.54) is 30.3 Å². The molecule has 0 saturated carbocycles. The Morgan fingerprint density at radius 2 is 1.69 bits per heavy atom. The van der Waals surface area contributed by atoms with Gasteiger partial charge in [0.05, 0.1) is 24.8 Å². The molecule has 2 aromatic carbocycles. The number of morpholine rings is 1. The lowest BCUT2D eigenvalue weighted by molar-refractivity contribution is -0.124. The van der Waals surface area contributed by atoms with E-state index in [-0.39, 0.29) is 35.8 Å². The van der Waals surface area contributed by atoms with E-state index in [0.717, 1.165) is 5.56 Å². The molecule has 0 aromatic heterocycles. The summed E-state index contributed by atoms with van der Waals surface area (Å²) >= 11 is 0. The first-order chi connectivity index (χ1) is 15.4. The molecule has 172 valence electrons. The molecule has 0 bridgehead atoms. The summed E-state index contributed by atoms with van der Waals surface area (Å²) in [5.41, 5.74) is 0.772. The smallest absolute Gasteiger partial charge is 0.254 e. The van der Waals surface area contributed by atoms with E-state index in [0.29, 0.717) is 26.3 Å². The number of halogens is 2. The molecule has 1 saturated heterocycles. The van der Waals surface area contributed by atoms with E-state index >= 15 is 0 Å². The van der Waals surface area contributed by atoms with E-state index in [9.17, 15) is 18.4 Å². The van der Waals surface area contributed by atoms with Crippen LogP contribution >= 0.6 is 0 Å². The molecule has 2 N–H and O–H groups in total. The summed E-state index contributed by atoms with van der Waals surface area (Å²) in [6.45, 7) is 6.45. The fourth-order valence-corrected chi connectivity index (χ4v) is 3.74. The first kappa shape index (κ1) is 23.8.